The predicted molar refractivity (Wildman–Crippen MR) is 70.7 cm³/mol. The van der Waals surface area contributed by atoms with E-state index in [0.29, 0.717) is 0 Å². The van der Waals surface area contributed by atoms with Gasteiger partial charge in [0.15, 0.2) is 0 Å². The van der Waals surface area contributed by atoms with Crippen molar-refractivity contribution < 1.29 is 9.90 Å². The number of aryl methyl sites for hydroxylation is 1. The first-order chi connectivity index (χ1) is 9.45. The second-order valence-corrected chi connectivity index (χ2v) is 4.42. The molecule has 1 aromatic heterocycles. The summed E-state index contributed by atoms with van der Waals surface area (Å²) in [5.41, 5.74) is 0.623. The van der Waals surface area contributed by atoms with Crippen molar-refractivity contribution in [3.63, 3.8) is 0 Å². The fourth-order valence-electron chi connectivity index (χ4n) is 1.72. The summed E-state index contributed by atoms with van der Waals surface area (Å²) >= 11 is 0. The number of rotatable bonds is 4. The quantitative estimate of drug-likeness (QED) is 0.811. The van der Waals surface area contributed by atoms with Crippen molar-refractivity contribution in [2.75, 3.05) is 0 Å². The highest BCUT2D eigenvalue weighted by Gasteiger charge is 2.10. The van der Waals surface area contributed by atoms with Gasteiger partial charge in [0, 0.05) is 6.42 Å². The van der Waals surface area contributed by atoms with E-state index in [0.717, 1.165) is 15.8 Å². The van der Waals surface area contributed by atoms with Crippen LogP contribution in [0.1, 0.15) is 16.8 Å². The fourth-order valence-corrected chi connectivity index (χ4v) is 1.72. The number of H-pyrrole nitrogens is 1. The normalized spacial score (nSPS) is 10.4. The number of aromatic amines is 1. The van der Waals surface area contributed by atoms with Gasteiger partial charge in [0.25, 0.3) is 5.56 Å². The van der Waals surface area contributed by atoms with Crippen LogP contribution in [0.4, 0.5) is 0 Å². The number of nitrogens with zero attached hydrogens (tertiary/aromatic N) is 2. The number of hydrogen-bond acceptors (Lipinski definition) is 4. The fraction of sp³-hybridized carbons (Fsp3) is 0.231. The third-order valence-electron chi connectivity index (χ3n) is 2.74. The van der Waals surface area contributed by atoms with Crippen molar-refractivity contribution in [2.24, 2.45) is 0 Å². The maximum Gasteiger partial charge on any atom is 0.345 e. The highest BCUT2D eigenvalue weighted by Crippen LogP contribution is 2.05. The number of hydrogen-bond donors (Lipinski definition) is 2. The van der Waals surface area contributed by atoms with Crippen LogP contribution < -0.4 is 11.2 Å². The van der Waals surface area contributed by atoms with Crippen LogP contribution in [0.3, 0.4) is 0 Å². The second-order valence-electron chi connectivity index (χ2n) is 4.42. The van der Waals surface area contributed by atoms with Crippen LogP contribution in [-0.4, -0.2) is 25.8 Å². The predicted octanol–water partition coefficient (Wildman–Crippen LogP) is -0.0846. The smallest absolute Gasteiger partial charge is 0.345 e. The molecule has 2 N–H and O–H groups in total. The van der Waals surface area contributed by atoms with Gasteiger partial charge in [-0.05, 0) is 12.5 Å². The van der Waals surface area contributed by atoms with Gasteiger partial charge in [0.1, 0.15) is 12.2 Å². The van der Waals surface area contributed by atoms with Crippen LogP contribution in [0, 0.1) is 6.92 Å². The van der Waals surface area contributed by atoms with Crippen molar-refractivity contribution in [1.82, 2.24) is 14.8 Å². The highest BCUT2D eigenvalue weighted by molar-refractivity contribution is 5.66. The van der Waals surface area contributed by atoms with E-state index < -0.39 is 23.8 Å². The van der Waals surface area contributed by atoms with Crippen molar-refractivity contribution in [1.29, 1.82) is 0 Å². The van der Waals surface area contributed by atoms with Gasteiger partial charge in [0.05, 0.1) is 0 Å². The van der Waals surface area contributed by atoms with E-state index in [2.05, 4.69) is 10.1 Å². The average molecular weight is 275 g/mol. The largest absolute Gasteiger partial charge is 0.480 e. The van der Waals surface area contributed by atoms with Crippen molar-refractivity contribution >= 4 is 5.97 Å². The molecule has 0 aliphatic heterocycles. The Balaban J connectivity index is 2.36. The van der Waals surface area contributed by atoms with Crippen LogP contribution in [0.25, 0.3) is 0 Å². The van der Waals surface area contributed by atoms with E-state index in [9.17, 15) is 14.4 Å². The Morgan fingerprint density at radius 3 is 2.55 bits per heavy atom. The summed E-state index contributed by atoms with van der Waals surface area (Å²) in [5, 5.41) is 12.5. The average Bonchev–Trinajstić information content (AvgIpc) is 2.37. The Kier molecular flexibility index (Phi) is 3.79. The molecule has 0 unspecified atom stereocenters. The molecule has 0 saturated carbocycles. The SMILES string of the molecule is Cc1ccc(Cc2nn(CC(=O)O)c(=O)[nH]c2=O)cc1. The molecule has 0 atom stereocenters. The lowest BCUT2D eigenvalue weighted by molar-refractivity contribution is -0.138. The van der Waals surface area contributed by atoms with Gasteiger partial charge in [-0.3, -0.25) is 14.6 Å². The zero-order chi connectivity index (χ0) is 14.7. The topological polar surface area (TPSA) is 105 Å². The molecule has 0 amide bonds. The molecule has 1 aromatic carbocycles. The van der Waals surface area contributed by atoms with Crippen molar-refractivity contribution in [2.45, 2.75) is 19.9 Å². The zero-order valence-electron chi connectivity index (χ0n) is 10.8. The summed E-state index contributed by atoms with van der Waals surface area (Å²) in [5.74, 6) is -1.20. The molecule has 0 fully saturated rings. The van der Waals surface area contributed by atoms with Gasteiger partial charge in [0.2, 0.25) is 0 Å². The monoisotopic (exact) mass is 275 g/mol. The third kappa shape index (κ3) is 3.19. The minimum Gasteiger partial charge on any atom is -0.480 e. The number of benzene rings is 1. The van der Waals surface area contributed by atoms with E-state index in [1.165, 1.54) is 0 Å². The Labute approximate surface area is 113 Å². The number of carbonyl (C=O) groups is 1. The summed E-state index contributed by atoms with van der Waals surface area (Å²) in [4.78, 5) is 35.8. The molecule has 0 spiro atoms. The number of carboxylic acid groups (broad SMARTS) is 1. The number of nitrogens with one attached hydrogen (secondary N) is 1. The van der Waals surface area contributed by atoms with E-state index in [1.807, 2.05) is 31.2 Å². The minimum atomic E-state index is -1.20. The van der Waals surface area contributed by atoms with E-state index >= 15 is 0 Å². The molecule has 104 valence electrons. The number of aliphatic carboxylic acids is 1. The molecule has 0 aliphatic rings. The first-order valence-corrected chi connectivity index (χ1v) is 5.93. The van der Waals surface area contributed by atoms with E-state index in [1.54, 1.807) is 0 Å². The van der Waals surface area contributed by atoms with Crippen molar-refractivity contribution in [3.05, 3.63) is 61.9 Å². The Morgan fingerprint density at radius 1 is 1.30 bits per heavy atom. The Hall–Kier alpha value is -2.70. The van der Waals surface area contributed by atoms with Gasteiger partial charge >= 0.3 is 11.7 Å². The van der Waals surface area contributed by atoms with E-state index in [-0.39, 0.29) is 12.1 Å². The molecule has 0 bridgehead atoms. The molecule has 7 heteroatoms. The highest BCUT2D eigenvalue weighted by atomic mass is 16.4. The van der Waals surface area contributed by atoms with Gasteiger partial charge in [-0.2, -0.15) is 5.10 Å². The summed E-state index contributed by atoms with van der Waals surface area (Å²) in [6.45, 7) is 1.36. The van der Waals surface area contributed by atoms with E-state index in [4.69, 9.17) is 5.11 Å². The molecule has 2 aromatic rings. The summed E-state index contributed by atoms with van der Waals surface area (Å²) in [6.07, 6.45) is 0.232. The lowest BCUT2D eigenvalue weighted by atomic mass is 10.1. The number of carboxylic acids is 1. The van der Waals surface area contributed by atoms with Crippen LogP contribution in [0.5, 0.6) is 0 Å². The summed E-state index contributed by atoms with van der Waals surface area (Å²) < 4.78 is 0.729. The van der Waals surface area contributed by atoms with Gasteiger partial charge in [-0.1, -0.05) is 29.8 Å². The molecular weight excluding hydrogens is 262 g/mol. The first kappa shape index (κ1) is 13.7. The first-order valence-electron chi connectivity index (χ1n) is 5.93. The lowest BCUT2D eigenvalue weighted by Gasteiger charge is -2.04. The molecule has 20 heavy (non-hydrogen) atoms. The summed E-state index contributed by atoms with van der Waals surface area (Å²) in [7, 11) is 0. The maximum atomic E-state index is 11.7. The Morgan fingerprint density at radius 2 is 1.95 bits per heavy atom. The van der Waals surface area contributed by atoms with Crippen LogP contribution in [0.2, 0.25) is 0 Å². The second kappa shape index (κ2) is 5.52. The standard InChI is InChI=1S/C13H13N3O4/c1-8-2-4-9(5-3-8)6-10-12(19)14-13(20)16(15-10)7-11(17)18/h2-5H,6-7H2,1H3,(H,17,18)(H,14,19,20). The zero-order valence-corrected chi connectivity index (χ0v) is 10.8. The molecule has 0 radical (unpaired) electrons. The van der Waals surface area contributed by atoms with Gasteiger partial charge in [-0.15, -0.1) is 0 Å². The van der Waals surface area contributed by atoms with Crippen LogP contribution >= 0.6 is 0 Å². The van der Waals surface area contributed by atoms with Gasteiger partial charge < -0.3 is 5.11 Å². The van der Waals surface area contributed by atoms with Crippen molar-refractivity contribution in [3.8, 4) is 0 Å². The van der Waals surface area contributed by atoms with Crippen LogP contribution in [-0.2, 0) is 17.8 Å². The Bertz CT molecular complexity index is 743. The van der Waals surface area contributed by atoms with Crippen LogP contribution in [0.15, 0.2) is 33.9 Å². The molecule has 2 rings (SSSR count). The maximum absolute atomic E-state index is 11.7. The summed E-state index contributed by atoms with van der Waals surface area (Å²) in [6, 6.07) is 7.50. The molecule has 1 heterocycles. The molecule has 0 aliphatic carbocycles. The third-order valence-corrected chi connectivity index (χ3v) is 2.74. The molecule has 0 saturated heterocycles. The van der Waals surface area contributed by atoms with Gasteiger partial charge in [-0.25, -0.2) is 9.48 Å². The number of aromatic nitrogens is 3. The minimum absolute atomic E-state index is 0.106. The molecule has 7 nitrogen and oxygen atoms in total. The lowest BCUT2D eigenvalue weighted by Crippen LogP contribution is -2.36. The molecular formula is C13H13N3O4.